The highest BCUT2D eigenvalue weighted by Crippen LogP contribution is 2.37. The molecule has 2 N–H and O–H groups in total. The molecule has 1 aliphatic carbocycles. The number of nitrogens with one attached hydrogen (secondary N) is 2. The molecule has 3 fully saturated rings. The molecule has 6 nitrogen and oxygen atoms in total. The standard InChI is InChI=1S/C17H30N4O2S/c1-21(2)15(22)12-18-16(19-13-3-4-13)20-14-5-8-23-17(11-14)6-9-24-10-7-17/h13-14H,3-12H2,1-2H3,(H2,18,19,20). The van der Waals surface area contributed by atoms with Gasteiger partial charge < -0.3 is 20.3 Å². The quantitative estimate of drug-likeness (QED) is 0.587. The van der Waals surface area contributed by atoms with Crippen molar-refractivity contribution >= 4 is 23.6 Å². The van der Waals surface area contributed by atoms with E-state index in [2.05, 4.69) is 15.6 Å². The summed E-state index contributed by atoms with van der Waals surface area (Å²) in [6, 6.07) is 0.895. The van der Waals surface area contributed by atoms with Crippen molar-refractivity contribution in [1.29, 1.82) is 0 Å². The molecule has 7 heteroatoms. The highest BCUT2D eigenvalue weighted by molar-refractivity contribution is 7.99. The molecule has 0 aromatic carbocycles. The summed E-state index contributed by atoms with van der Waals surface area (Å²) in [7, 11) is 3.53. The zero-order chi connectivity index (χ0) is 17.0. The summed E-state index contributed by atoms with van der Waals surface area (Å²) in [6.45, 7) is 1.01. The van der Waals surface area contributed by atoms with Crippen molar-refractivity contribution in [3.05, 3.63) is 0 Å². The zero-order valence-electron chi connectivity index (χ0n) is 14.8. The lowest BCUT2D eigenvalue weighted by molar-refractivity contribution is -0.127. The normalized spacial score (nSPS) is 26.9. The van der Waals surface area contributed by atoms with Gasteiger partial charge in [-0.3, -0.25) is 4.79 Å². The Morgan fingerprint density at radius 3 is 2.58 bits per heavy atom. The van der Waals surface area contributed by atoms with E-state index in [0.29, 0.717) is 12.1 Å². The van der Waals surface area contributed by atoms with Crippen LogP contribution in [0.1, 0.15) is 38.5 Å². The van der Waals surface area contributed by atoms with Crippen molar-refractivity contribution in [2.24, 2.45) is 4.99 Å². The number of amides is 1. The Kier molecular flexibility index (Phi) is 5.92. The first-order valence-corrected chi connectivity index (χ1v) is 10.2. The molecule has 2 heterocycles. The molecule has 0 aromatic rings. The number of carbonyl (C=O) groups is 1. The van der Waals surface area contributed by atoms with Crippen LogP contribution in [-0.4, -0.2) is 73.2 Å². The van der Waals surface area contributed by atoms with Crippen LogP contribution in [0.4, 0.5) is 0 Å². The van der Waals surface area contributed by atoms with E-state index in [1.165, 1.54) is 24.3 Å². The van der Waals surface area contributed by atoms with Gasteiger partial charge in [0, 0.05) is 32.8 Å². The van der Waals surface area contributed by atoms with Gasteiger partial charge in [0.1, 0.15) is 6.54 Å². The van der Waals surface area contributed by atoms with Gasteiger partial charge in [-0.15, -0.1) is 0 Å². The highest BCUT2D eigenvalue weighted by atomic mass is 32.2. The summed E-state index contributed by atoms with van der Waals surface area (Å²) < 4.78 is 6.17. The fourth-order valence-corrected chi connectivity index (χ4v) is 4.52. The number of carbonyl (C=O) groups excluding carboxylic acids is 1. The molecule has 1 amide bonds. The Balaban J connectivity index is 1.58. The van der Waals surface area contributed by atoms with Crippen molar-refractivity contribution in [3.8, 4) is 0 Å². The number of hydrogen-bond donors (Lipinski definition) is 2. The van der Waals surface area contributed by atoms with Gasteiger partial charge in [0.2, 0.25) is 5.91 Å². The molecule has 3 rings (SSSR count). The van der Waals surface area contributed by atoms with Crippen molar-refractivity contribution < 1.29 is 9.53 Å². The molecule has 1 saturated carbocycles. The van der Waals surface area contributed by atoms with Gasteiger partial charge in [0.25, 0.3) is 0 Å². The predicted octanol–water partition coefficient (Wildman–Crippen LogP) is 1.22. The predicted molar refractivity (Wildman–Crippen MR) is 98.6 cm³/mol. The maximum Gasteiger partial charge on any atom is 0.243 e. The summed E-state index contributed by atoms with van der Waals surface area (Å²) in [5.41, 5.74) is 0.0608. The number of thioether (sulfide) groups is 1. The molecule has 136 valence electrons. The molecule has 0 radical (unpaired) electrons. The summed E-state index contributed by atoms with van der Waals surface area (Å²) in [5, 5.41) is 7.02. The van der Waals surface area contributed by atoms with E-state index >= 15 is 0 Å². The van der Waals surface area contributed by atoms with Crippen LogP contribution in [0.5, 0.6) is 0 Å². The number of guanidine groups is 1. The van der Waals surface area contributed by atoms with Crippen molar-refractivity contribution in [3.63, 3.8) is 0 Å². The summed E-state index contributed by atoms with van der Waals surface area (Å²) in [6.07, 6.45) is 6.73. The van der Waals surface area contributed by atoms with Crippen molar-refractivity contribution in [1.82, 2.24) is 15.5 Å². The third kappa shape index (κ3) is 5.02. The first-order chi connectivity index (χ1) is 11.6. The van der Waals surface area contributed by atoms with E-state index in [4.69, 9.17) is 4.74 Å². The van der Waals surface area contributed by atoms with Crippen LogP contribution in [0.25, 0.3) is 0 Å². The third-order valence-corrected chi connectivity index (χ3v) is 6.01. The molecule has 2 saturated heterocycles. The van der Waals surface area contributed by atoms with Crippen LogP contribution in [0, 0.1) is 0 Å². The molecule has 0 bridgehead atoms. The number of aliphatic imine (C=N–C) groups is 1. The fourth-order valence-electron chi connectivity index (χ4n) is 3.28. The Labute approximate surface area is 149 Å². The van der Waals surface area contributed by atoms with Gasteiger partial charge in [-0.2, -0.15) is 11.8 Å². The van der Waals surface area contributed by atoms with E-state index in [1.807, 2.05) is 11.8 Å². The molecule has 24 heavy (non-hydrogen) atoms. The van der Waals surface area contributed by atoms with Gasteiger partial charge in [-0.25, -0.2) is 4.99 Å². The van der Waals surface area contributed by atoms with Crippen LogP contribution in [0.3, 0.4) is 0 Å². The van der Waals surface area contributed by atoms with E-state index in [0.717, 1.165) is 38.2 Å². The number of likely N-dealkylation sites (N-methyl/N-ethyl adjacent to an activating group) is 1. The van der Waals surface area contributed by atoms with E-state index in [9.17, 15) is 4.79 Å². The van der Waals surface area contributed by atoms with Crippen LogP contribution < -0.4 is 10.6 Å². The second-order valence-corrected chi connectivity index (χ2v) is 8.57. The average Bonchev–Trinajstić information content (AvgIpc) is 3.37. The van der Waals surface area contributed by atoms with Crippen molar-refractivity contribution in [2.45, 2.75) is 56.2 Å². The third-order valence-electron chi connectivity index (χ3n) is 5.03. The Hall–Kier alpha value is -0.950. The van der Waals surface area contributed by atoms with Crippen LogP contribution >= 0.6 is 11.8 Å². The SMILES string of the molecule is CN(C)C(=O)CN=C(NC1CC1)NC1CCOC2(CCSCC2)C1. The van der Waals surface area contributed by atoms with Crippen LogP contribution in [0.15, 0.2) is 4.99 Å². The summed E-state index contributed by atoms with van der Waals surface area (Å²) in [4.78, 5) is 17.9. The monoisotopic (exact) mass is 354 g/mol. The van der Waals surface area contributed by atoms with Crippen LogP contribution in [0.2, 0.25) is 0 Å². The largest absolute Gasteiger partial charge is 0.375 e. The first-order valence-electron chi connectivity index (χ1n) is 9.06. The molecule has 3 aliphatic rings. The summed E-state index contributed by atoms with van der Waals surface area (Å²) in [5.74, 6) is 3.22. The Morgan fingerprint density at radius 1 is 1.21 bits per heavy atom. The van der Waals surface area contributed by atoms with Crippen LogP contribution in [-0.2, 0) is 9.53 Å². The minimum absolute atomic E-state index is 0.0275. The average molecular weight is 355 g/mol. The van der Waals surface area contributed by atoms with Gasteiger partial charge in [0.15, 0.2) is 5.96 Å². The van der Waals surface area contributed by atoms with Gasteiger partial charge in [0.05, 0.1) is 5.60 Å². The molecule has 0 aromatic heterocycles. The fraction of sp³-hybridized carbons (Fsp3) is 0.882. The first kappa shape index (κ1) is 17.9. The second-order valence-electron chi connectivity index (χ2n) is 7.35. The number of ether oxygens (including phenoxy) is 1. The molecular weight excluding hydrogens is 324 g/mol. The lowest BCUT2D eigenvalue weighted by Gasteiger charge is -2.43. The van der Waals surface area contributed by atoms with Gasteiger partial charge in [-0.05, 0) is 50.0 Å². The lowest BCUT2D eigenvalue weighted by Crippen LogP contribution is -2.53. The molecule has 2 aliphatic heterocycles. The van der Waals surface area contributed by atoms with Gasteiger partial charge >= 0.3 is 0 Å². The molecule has 1 atom stereocenters. The smallest absolute Gasteiger partial charge is 0.243 e. The molecular formula is C17H30N4O2S. The van der Waals surface area contributed by atoms with E-state index in [1.54, 1.807) is 19.0 Å². The topological polar surface area (TPSA) is 66.0 Å². The maximum atomic E-state index is 11.8. The highest BCUT2D eigenvalue weighted by Gasteiger charge is 2.39. The number of nitrogens with zero attached hydrogens (tertiary/aromatic N) is 2. The summed E-state index contributed by atoms with van der Waals surface area (Å²) >= 11 is 2.03. The van der Waals surface area contributed by atoms with Gasteiger partial charge in [-0.1, -0.05) is 0 Å². The number of hydrogen-bond acceptors (Lipinski definition) is 4. The molecule has 1 spiro atoms. The van der Waals surface area contributed by atoms with Crippen molar-refractivity contribution in [2.75, 3.05) is 38.8 Å². The second kappa shape index (κ2) is 7.95. The maximum absolute atomic E-state index is 11.8. The number of rotatable bonds is 4. The Bertz CT molecular complexity index is 468. The zero-order valence-corrected chi connectivity index (χ0v) is 15.7. The Morgan fingerprint density at radius 2 is 1.92 bits per heavy atom. The molecule has 1 unspecified atom stereocenters. The minimum atomic E-state index is 0.0275. The lowest BCUT2D eigenvalue weighted by atomic mass is 9.85. The van der Waals surface area contributed by atoms with E-state index < -0.39 is 0 Å². The van der Waals surface area contributed by atoms with E-state index in [-0.39, 0.29) is 18.1 Å². The minimum Gasteiger partial charge on any atom is -0.375 e.